The fourth-order valence-electron chi connectivity index (χ4n) is 1.60. The Kier molecular flexibility index (Phi) is 4.70. The number of hydrogen-bond donors (Lipinski definition) is 3. The van der Waals surface area contributed by atoms with Gasteiger partial charge in [-0.25, -0.2) is 13.1 Å². The van der Waals surface area contributed by atoms with Gasteiger partial charge < -0.3 is 5.73 Å². The first-order valence-corrected chi connectivity index (χ1v) is 7.64. The molecule has 0 fully saturated rings. The number of nitrogens with zero attached hydrogens (tertiary/aromatic N) is 2. The first-order chi connectivity index (χ1) is 10.0. The second kappa shape index (κ2) is 6.49. The van der Waals surface area contributed by atoms with Crippen LogP contribution in [0.3, 0.4) is 0 Å². The molecule has 0 radical (unpaired) electrons. The molecule has 0 saturated heterocycles. The molecule has 4 N–H and O–H groups in total. The van der Waals surface area contributed by atoms with E-state index in [1.165, 1.54) is 18.5 Å². The molecular formula is C13H15N5O2S. The summed E-state index contributed by atoms with van der Waals surface area (Å²) in [7, 11) is -3.65. The summed E-state index contributed by atoms with van der Waals surface area (Å²) in [6.07, 6.45) is 4.35. The third-order valence-corrected chi connectivity index (χ3v) is 4.11. The molecule has 0 saturated carbocycles. The van der Waals surface area contributed by atoms with Gasteiger partial charge in [0, 0.05) is 35.8 Å². The topological polar surface area (TPSA) is 114 Å². The Morgan fingerprint density at radius 2 is 2.19 bits per heavy atom. The fourth-order valence-corrected chi connectivity index (χ4v) is 2.59. The molecule has 2 aromatic rings. The number of rotatable bonds is 4. The molecule has 2 rings (SSSR count). The van der Waals surface area contributed by atoms with Gasteiger partial charge >= 0.3 is 0 Å². The minimum Gasteiger partial charge on any atom is -0.320 e. The van der Waals surface area contributed by atoms with Gasteiger partial charge in [0.05, 0.1) is 12.7 Å². The second-order valence-electron chi connectivity index (χ2n) is 4.26. The van der Waals surface area contributed by atoms with E-state index >= 15 is 0 Å². The zero-order valence-electron chi connectivity index (χ0n) is 11.4. The van der Waals surface area contributed by atoms with Crippen LogP contribution in [0.5, 0.6) is 0 Å². The Labute approximate surface area is 123 Å². The highest BCUT2D eigenvalue weighted by molar-refractivity contribution is 7.89. The Morgan fingerprint density at radius 1 is 1.38 bits per heavy atom. The summed E-state index contributed by atoms with van der Waals surface area (Å²) in [5.74, 6) is 5.41. The van der Waals surface area contributed by atoms with E-state index in [0.717, 1.165) is 11.3 Å². The second-order valence-corrected chi connectivity index (χ2v) is 6.03. The third kappa shape index (κ3) is 3.88. The number of aromatic amines is 1. The number of H-pyrrole nitrogens is 1. The number of nitrogens with two attached hydrogens (primary N) is 1. The van der Waals surface area contributed by atoms with Crippen molar-refractivity contribution < 1.29 is 8.42 Å². The smallest absolute Gasteiger partial charge is 0.242 e. The maximum atomic E-state index is 12.2. The summed E-state index contributed by atoms with van der Waals surface area (Å²) >= 11 is 0. The van der Waals surface area contributed by atoms with Crippen LogP contribution in [0.25, 0.3) is 0 Å². The van der Waals surface area contributed by atoms with Crippen molar-refractivity contribution in [1.29, 1.82) is 0 Å². The van der Waals surface area contributed by atoms with Gasteiger partial charge in [-0.15, -0.1) is 0 Å². The van der Waals surface area contributed by atoms with Crippen LogP contribution in [0.15, 0.2) is 29.6 Å². The van der Waals surface area contributed by atoms with Gasteiger partial charge in [0.2, 0.25) is 10.0 Å². The lowest BCUT2D eigenvalue weighted by atomic mass is 10.3. The van der Waals surface area contributed by atoms with Crippen LogP contribution < -0.4 is 10.5 Å². The summed E-state index contributed by atoms with van der Waals surface area (Å²) in [5.41, 5.74) is 7.39. The summed E-state index contributed by atoms with van der Waals surface area (Å²) < 4.78 is 26.9. The Bertz CT molecular complexity index is 786. The van der Waals surface area contributed by atoms with Gasteiger partial charge in [-0.3, -0.25) is 10.1 Å². The van der Waals surface area contributed by atoms with Crippen molar-refractivity contribution in [1.82, 2.24) is 19.9 Å². The lowest BCUT2D eigenvalue weighted by Crippen LogP contribution is -2.23. The molecule has 0 aromatic carbocycles. The molecule has 0 aliphatic carbocycles. The quantitative estimate of drug-likeness (QED) is 0.683. The highest BCUT2D eigenvalue weighted by Crippen LogP contribution is 2.10. The lowest BCUT2D eigenvalue weighted by molar-refractivity contribution is 0.580. The third-order valence-electron chi connectivity index (χ3n) is 2.75. The number of sulfonamides is 1. The van der Waals surface area contributed by atoms with E-state index in [1.54, 1.807) is 6.20 Å². The Morgan fingerprint density at radius 3 is 2.86 bits per heavy atom. The van der Waals surface area contributed by atoms with Gasteiger partial charge in [0.1, 0.15) is 4.90 Å². The molecule has 0 spiro atoms. The zero-order valence-corrected chi connectivity index (χ0v) is 12.2. The zero-order chi connectivity index (χ0) is 15.3. The maximum absolute atomic E-state index is 12.2. The van der Waals surface area contributed by atoms with Crippen LogP contribution in [-0.4, -0.2) is 30.1 Å². The average molecular weight is 305 g/mol. The molecule has 8 heteroatoms. The molecule has 110 valence electrons. The van der Waals surface area contributed by atoms with Gasteiger partial charge in [-0.2, -0.15) is 5.10 Å². The SMILES string of the molecule is Cc1[nH]ncc1CNS(=O)(=O)c1cncc(C#CCN)c1. The van der Waals surface area contributed by atoms with Gasteiger partial charge in [0.25, 0.3) is 0 Å². The normalized spacial score (nSPS) is 11.0. The van der Waals surface area contributed by atoms with Crippen molar-refractivity contribution in [3.05, 3.63) is 41.5 Å². The minimum absolute atomic E-state index is 0.0625. The molecule has 21 heavy (non-hydrogen) atoms. The van der Waals surface area contributed by atoms with E-state index in [2.05, 4.69) is 31.7 Å². The predicted molar refractivity (Wildman–Crippen MR) is 77.5 cm³/mol. The summed E-state index contributed by atoms with van der Waals surface area (Å²) in [6.45, 7) is 2.18. The van der Waals surface area contributed by atoms with Crippen LogP contribution in [0, 0.1) is 18.8 Å². The van der Waals surface area contributed by atoms with Crippen LogP contribution in [0.2, 0.25) is 0 Å². The van der Waals surface area contributed by atoms with Crippen molar-refractivity contribution >= 4 is 10.0 Å². The van der Waals surface area contributed by atoms with Crippen LogP contribution >= 0.6 is 0 Å². The monoisotopic (exact) mass is 305 g/mol. The largest absolute Gasteiger partial charge is 0.320 e. The van der Waals surface area contributed by atoms with Gasteiger partial charge in [-0.05, 0) is 13.0 Å². The molecule has 0 unspecified atom stereocenters. The van der Waals surface area contributed by atoms with Crippen molar-refractivity contribution in [3.63, 3.8) is 0 Å². The van der Waals surface area contributed by atoms with Crippen molar-refractivity contribution in [2.45, 2.75) is 18.4 Å². The molecular weight excluding hydrogens is 290 g/mol. The predicted octanol–water partition coefficient (Wildman–Crippen LogP) is -0.0982. The van der Waals surface area contributed by atoms with Gasteiger partial charge in [-0.1, -0.05) is 11.8 Å². The van der Waals surface area contributed by atoms with E-state index in [9.17, 15) is 8.42 Å². The number of nitrogens with one attached hydrogen (secondary N) is 2. The summed E-state index contributed by atoms with van der Waals surface area (Å²) in [4.78, 5) is 3.95. The standard InChI is InChI=1S/C13H15N5O2S/c1-10-12(7-16-18-10)8-17-21(19,20)13-5-11(3-2-4-14)6-15-9-13/h5-7,9,17H,4,8,14H2,1H3,(H,16,18). The van der Waals surface area contributed by atoms with E-state index in [0.29, 0.717) is 5.56 Å². The van der Waals surface area contributed by atoms with Gasteiger partial charge in [0.15, 0.2) is 0 Å². The number of pyridine rings is 1. The summed E-state index contributed by atoms with van der Waals surface area (Å²) in [5, 5.41) is 6.59. The molecule has 0 aliphatic heterocycles. The summed E-state index contributed by atoms with van der Waals surface area (Å²) in [6, 6.07) is 1.46. The van der Waals surface area contributed by atoms with E-state index < -0.39 is 10.0 Å². The first-order valence-electron chi connectivity index (χ1n) is 6.15. The lowest BCUT2D eigenvalue weighted by Gasteiger charge is -2.06. The van der Waals surface area contributed by atoms with Crippen LogP contribution in [0.1, 0.15) is 16.8 Å². The Hall–Kier alpha value is -2.21. The number of aryl methyl sites for hydroxylation is 1. The first kappa shape index (κ1) is 15.2. The highest BCUT2D eigenvalue weighted by atomic mass is 32.2. The molecule has 7 nitrogen and oxygen atoms in total. The molecule has 0 amide bonds. The van der Waals surface area contributed by atoms with E-state index in [-0.39, 0.29) is 18.0 Å². The van der Waals surface area contributed by atoms with E-state index in [1.807, 2.05) is 6.92 Å². The minimum atomic E-state index is -3.65. The van der Waals surface area contributed by atoms with Crippen molar-refractivity contribution in [3.8, 4) is 11.8 Å². The van der Waals surface area contributed by atoms with Crippen LogP contribution in [0.4, 0.5) is 0 Å². The number of hydrogen-bond acceptors (Lipinski definition) is 5. The molecule has 0 aliphatic rings. The number of aromatic nitrogens is 3. The van der Waals surface area contributed by atoms with Crippen LogP contribution in [-0.2, 0) is 16.6 Å². The Balaban J connectivity index is 2.17. The van der Waals surface area contributed by atoms with Crippen molar-refractivity contribution in [2.75, 3.05) is 6.54 Å². The molecule has 2 aromatic heterocycles. The highest BCUT2D eigenvalue weighted by Gasteiger charge is 2.15. The molecule has 2 heterocycles. The molecule has 0 bridgehead atoms. The maximum Gasteiger partial charge on any atom is 0.242 e. The average Bonchev–Trinajstić information content (AvgIpc) is 2.89. The van der Waals surface area contributed by atoms with Crippen molar-refractivity contribution in [2.24, 2.45) is 5.73 Å². The fraction of sp³-hybridized carbons (Fsp3) is 0.231. The van der Waals surface area contributed by atoms with E-state index in [4.69, 9.17) is 5.73 Å². The molecule has 0 atom stereocenters.